The van der Waals surface area contributed by atoms with Crippen molar-refractivity contribution in [2.24, 2.45) is 11.3 Å². The zero-order valence-electron chi connectivity index (χ0n) is 12.0. The van der Waals surface area contributed by atoms with Gasteiger partial charge >= 0.3 is 5.97 Å². The molecular weight excluding hydrogens is 228 g/mol. The van der Waals surface area contributed by atoms with E-state index in [2.05, 4.69) is 6.92 Å². The third-order valence-corrected chi connectivity index (χ3v) is 4.25. The normalized spacial score (nSPS) is 29.2. The summed E-state index contributed by atoms with van der Waals surface area (Å²) in [5.41, 5.74) is -1.59. The van der Waals surface area contributed by atoms with Crippen LogP contribution in [0.1, 0.15) is 72.1 Å². The molecule has 1 aliphatic rings. The van der Waals surface area contributed by atoms with E-state index in [0.29, 0.717) is 12.3 Å². The van der Waals surface area contributed by atoms with Crippen molar-refractivity contribution in [1.29, 1.82) is 0 Å². The van der Waals surface area contributed by atoms with E-state index < -0.39 is 17.0 Å². The Labute approximate surface area is 111 Å². The zero-order chi connectivity index (χ0) is 13.8. The van der Waals surface area contributed by atoms with E-state index in [1.54, 1.807) is 13.8 Å². The number of aliphatic carboxylic acids is 1. The lowest BCUT2D eigenvalue weighted by Gasteiger charge is -2.40. The largest absolute Gasteiger partial charge is 0.481 e. The van der Waals surface area contributed by atoms with Gasteiger partial charge in [0.25, 0.3) is 0 Å². The Morgan fingerprint density at radius 2 is 1.89 bits per heavy atom. The molecule has 106 valence electrons. The van der Waals surface area contributed by atoms with Gasteiger partial charge in [-0.25, -0.2) is 0 Å². The van der Waals surface area contributed by atoms with Crippen molar-refractivity contribution in [1.82, 2.24) is 0 Å². The molecule has 0 atom stereocenters. The molecule has 0 aromatic rings. The average Bonchev–Trinajstić information content (AvgIpc) is 2.26. The van der Waals surface area contributed by atoms with Crippen molar-refractivity contribution in [3.63, 3.8) is 0 Å². The maximum absolute atomic E-state index is 11.6. The summed E-state index contributed by atoms with van der Waals surface area (Å²) in [6, 6.07) is 0. The summed E-state index contributed by atoms with van der Waals surface area (Å²) >= 11 is 0. The van der Waals surface area contributed by atoms with Crippen LogP contribution in [0.3, 0.4) is 0 Å². The fourth-order valence-electron chi connectivity index (χ4n) is 3.31. The summed E-state index contributed by atoms with van der Waals surface area (Å²) in [5.74, 6) is -0.0298. The molecular formula is C15H28O3. The second kappa shape index (κ2) is 6.05. The third-order valence-electron chi connectivity index (χ3n) is 4.25. The Hall–Kier alpha value is -0.570. The lowest BCUT2D eigenvalue weighted by Crippen LogP contribution is -2.41. The van der Waals surface area contributed by atoms with Crippen molar-refractivity contribution in [3.8, 4) is 0 Å². The molecule has 0 spiro atoms. The van der Waals surface area contributed by atoms with Crippen LogP contribution in [0.5, 0.6) is 0 Å². The van der Waals surface area contributed by atoms with Gasteiger partial charge in [-0.2, -0.15) is 0 Å². The number of carboxylic acid groups (broad SMARTS) is 1. The van der Waals surface area contributed by atoms with Crippen molar-refractivity contribution < 1.29 is 15.0 Å². The number of carbonyl (C=O) groups is 1. The van der Waals surface area contributed by atoms with Gasteiger partial charge in [0.1, 0.15) is 0 Å². The monoisotopic (exact) mass is 256 g/mol. The van der Waals surface area contributed by atoms with Crippen LogP contribution in [0, 0.1) is 11.3 Å². The maximum Gasteiger partial charge on any atom is 0.309 e. The van der Waals surface area contributed by atoms with Gasteiger partial charge in [0, 0.05) is 0 Å². The van der Waals surface area contributed by atoms with Gasteiger partial charge in [-0.1, -0.05) is 26.2 Å². The SMILES string of the molecule is CCCCC1CCC(CC(C)(C)O)(C(=O)O)CC1. The number of unbranched alkanes of at least 4 members (excludes halogenated alkanes) is 1. The quantitative estimate of drug-likeness (QED) is 0.763. The molecule has 0 unspecified atom stereocenters. The molecule has 18 heavy (non-hydrogen) atoms. The van der Waals surface area contributed by atoms with Crippen LogP contribution in [0.15, 0.2) is 0 Å². The molecule has 0 aromatic carbocycles. The van der Waals surface area contributed by atoms with Gasteiger partial charge in [-0.3, -0.25) is 4.79 Å². The highest BCUT2D eigenvalue weighted by atomic mass is 16.4. The second-order valence-corrected chi connectivity index (χ2v) is 6.66. The molecule has 1 aliphatic carbocycles. The van der Waals surface area contributed by atoms with Gasteiger partial charge in [-0.15, -0.1) is 0 Å². The molecule has 0 aromatic heterocycles. The maximum atomic E-state index is 11.6. The van der Waals surface area contributed by atoms with Gasteiger partial charge in [0.2, 0.25) is 0 Å². The van der Waals surface area contributed by atoms with Gasteiger partial charge in [0.05, 0.1) is 11.0 Å². The summed E-state index contributed by atoms with van der Waals surface area (Å²) in [6.45, 7) is 5.61. The van der Waals surface area contributed by atoms with E-state index in [-0.39, 0.29) is 0 Å². The van der Waals surface area contributed by atoms with Crippen LogP contribution >= 0.6 is 0 Å². The summed E-state index contributed by atoms with van der Waals surface area (Å²) in [6.07, 6.45) is 7.51. The summed E-state index contributed by atoms with van der Waals surface area (Å²) in [5, 5.41) is 19.4. The van der Waals surface area contributed by atoms with E-state index in [4.69, 9.17) is 0 Å². The molecule has 0 bridgehead atoms. The fourth-order valence-corrected chi connectivity index (χ4v) is 3.31. The molecule has 1 rings (SSSR count). The first-order valence-corrected chi connectivity index (χ1v) is 7.25. The summed E-state index contributed by atoms with van der Waals surface area (Å²) in [7, 11) is 0. The van der Waals surface area contributed by atoms with E-state index >= 15 is 0 Å². The minimum Gasteiger partial charge on any atom is -0.481 e. The first kappa shape index (κ1) is 15.5. The first-order chi connectivity index (χ1) is 8.29. The van der Waals surface area contributed by atoms with Gasteiger partial charge in [-0.05, 0) is 51.9 Å². The lowest BCUT2D eigenvalue weighted by atomic mass is 9.65. The van der Waals surface area contributed by atoms with Gasteiger partial charge < -0.3 is 10.2 Å². The smallest absolute Gasteiger partial charge is 0.309 e. The van der Waals surface area contributed by atoms with Crippen LogP contribution in [0.4, 0.5) is 0 Å². The molecule has 1 saturated carbocycles. The number of aliphatic hydroxyl groups is 1. The van der Waals surface area contributed by atoms with Crippen molar-refractivity contribution in [2.75, 3.05) is 0 Å². The zero-order valence-corrected chi connectivity index (χ0v) is 12.0. The minimum atomic E-state index is -0.894. The van der Waals surface area contributed by atoms with Crippen LogP contribution in [-0.4, -0.2) is 21.8 Å². The Kier molecular flexibility index (Phi) is 5.20. The second-order valence-electron chi connectivity index (χ2n) is 6.66. The van der Waals surface area contributed by atoms with Crippen LogP contribution < -0.4 is 0 Å². The lowest BCUT2D eigenvalue weighted by molar-refractivity contribution is -0.156. The fraction of sp³-hybridized carbons (Fsp3) is 0.933. The number of carboxylic acids is 1. The Balaban J connectivity index is 2.60. The van der Waals surface area contributed by atoms with Gasteiger partial charge in [0.15, 0.2) is 0 Å². The molecule has 0 amide bonds. The molecule has 0 saturated heterocycles. The minimum absolute atomic E-state index is 0.371. The van der Waals surface area contributed by atoms with E-state index in [0.717, 1.165) is 25.7 Å². The predicted octanol–water partition coefficient (Wildman–Crippen LogP) is 3.60. The Morgan fingerprint density at radius 3 is 2.28 bits per heavy atom. The standard InChI is InChI=1S/C15H28O3/c1-4-5-6-12-7-9-15(10-8-12,13(16)17)11-14(2,3)18/h12,18H,4-11H2,1-3H3,(H,16,17). The topological polar surface area (TPSA) is 57.5 Å². The van der Waals surface area contributed by atoms with Crippen molar-refractivity contribution in [3.05, 3.63) is 0 Å². The highest BCUT2D eigenvalue weighted by Gasteiger charge is 2.44. The Bertz CT molecular complexity index is 270. The molecule has 0 radical (unpaired) electrons. The first-order valence-electron chi connectivity index (χ1n) is 7.25. The predicted molar refractivity (Wildman–Crippen MR) is 72.5 cm³/mol. The highest BCUT2D eigenvalue weighted by molar-refractivity contribution is 5.74. The van der Waals surface area contributed by atoms with E-state index in [9.17, 15) is 15.0 Å². The molecule has 3 heteroatoms. The van der Waals surface area contributed by atoms with E-state index in [1.165, 1.54) is 19.3 Å². The number of rotatable bonds is 6. The summed E-state index contributed by atoms with van der Waals surface area (Å²) < 4.78 is 0. The van der Waals surface area contributed by atoms with Crippen LogP contribution in [0.25, 0.3) is 0 Å². The average molecular weight is 256 g/mol. The molecule has 1 fully saturated rings. The summed E-state index contributed by atoms with van der Waals surface area (Å²) in [4.78, 5) is 11.6. The number of hydrogen-bond donors (Lipinski definition) is 2. The van der Waals surface area contributed by atoms with Crippen LogP contribution in [-0.2, 0) is 4.79 Å². The van der Waals surface area contributed by atoms with Crippen molar-refractivity contribution in [2.45, 2.75) is 77.7 Å². The van der Waals surface area contributed by atoms with E-state index in [1.807, 2.05) is 0 Å². The number of hydrogen-bond acceptors (Lipinski definition) is 2. The van der Waals surface area contributed by atoms with Crippen molar-refractivity contribution >= 4 is 5.97 Å². The molecule has 3 nitrogen and oxygen atoms in total. The molecule has 0 heterocycles. The Morgan fingerprint density at radius 1 is 1.33 bits per heavy atom. The third kappa shape index (κ3) is 4.27. The molecule has 2 N–H and O–H groups in total. The molecule has 0 aliphatic heterocycles. The van der Waals surface area contributed by atoms with Crippen LogP contribution in [0.2, 0.25) is 0 Å². The highest BCUT2D eigenvalue weighted by Crippen LogP contribution is 2.45.